The molecule has 0 bridgehead atoms. The van der Waals surface area contributed by atoms with E-state index in [2.05, 4.69) is 36.7 Å². The largest absolute Gasteiger partial charge is 0.490 e. The van der Waals surface area contributed by atoms with Crippen LogP contribution in [0, 0.1) is 0 Å². The third kappa shape index (κ3) is 7.76. The van der Waals surface area contributed by atoms with E-state index in [0.29, 0.717) is 0 Å². The summed E-state index contributed by atoms with van der Waals surface area (Å²) >= 11 is 1.77. The number of aliphatic carboxylic acids is 1. The topological polar surface area (TPSA) is 105 Å². The summed E-state index contributed by atoms with van der Waals surface area (Å²) in [5.74, 6) is -2.76. The van der Waals surface area contributed by atoms with Crippen LogP contribution in [0.3, 0.4) is 0 Å². The molecule has 0 aliphatic carbocycles. The van der Waals surface area contributed by atoms with E-state index in [-0.39, 0.29) is 6.54 Å². The van der Waals surface area contributed by atoms with Crippen LogP contribution in [0.1, 0.15) is 22.7 Å². The van der Waals surface area contributed by atoms with Crippen LogP contribution in [-0.2, 0) is 41.0 Å². The van der Waals surface area contributed by atoms with E-state index < -0.39 is 22.2 Å². The van der Waals surface area contributed by atoms with Crippen molar-refractivity contribution in [1.29, 1.82) is 0 Å². The maximum Gasteiger partial charge on any atom is 0.490 e. The molecule has 0 radical (unpaired) electrons. The van der Waals surface area contributed by atoms with E-state index >= 15 is 0 Å². The number of carboxylic acids is 1. The number of nitrogens with zero attached hydrogens (tertiary/aromatic N) is 3. The molecule has 3 rings (SSSR count). The lowest BCUT2D eigenvalue weighted by Crippen LogP contribution is -2.25. The number of alkyl halides is 3. The minimum absolute atomic E-state index is 0.258. The van der Waals surface area contributed by atoms with Crippen molar-refractivity contribution in [3.63, 3.8) is 0 Å². The maximum absolute atomic E-state index is 11.3. The summed E-state index contributed by atoms with van der Waals surface area (Å²) in [6.45, 7) is 3.97. The van der Waals surface area contributed by atoms with Gasteiger partial charge in [0.2, 0.25) is 10.0 Å². The summed E-state index contributed by atoms with van der Waals surface area (Å²) in [4.78, 5) is 17.0. The molecular formula is C16H21F3N4O4S2. The molecule has 1 aliphatic heterocycles. The van der Waals surface area contributed by atoms with Gasteiger partial charge in [-0.15, -0.1) is 11.3 Å². The number of imidazole rings is 1. The fraction of sp³-hybridized carbons (Fsp3) is 0.500. The highest BCUT2D eigenvalue weighted by atomic mass is 32.2. The summed E-state index contributed by atoms with van der Waals surface area (Å²) in [5.41, 5.74) is 1.94. The molecule has 162 valence electrons. The van der Waals surface area contributed by atoms with Gasteiger partial charge in [-0.3, -0.25) is 4.90 Å². The molecule has 29 heavy (non-hydrogen) atoms. The SMILES string of the molecule is CS(=O)(=O)NCc1ncn2c1CN(Cc1cccs1)CCC2.O=C(O)C(F)(F)F. The number of carbonyl (C=O) groups is 1. The van der Waals surface area contributed by atoms with Crippen LogP contribution in [0.2, 0.25) is 0 Å². The number of fused-ring (bicyclic) bond motifs is 1. The number of aromatic nitrogens is 2. The minimum Gasteiger partial charge on any atom is -0.475 e. The van der Waals surface area contributed by atoms with Crippen LogP contribution >= 0.6 is 11.3 Å². The van der Waals surface area contributed by atoms with E-state index in [1.165, 1.54) is 11.1 Å². The zero-order valence-corrected chi connectivity index (χ0v) is 17.1. The smallest absolute Gasteiger partial charge is 0.475 e. The number of hydrogen-bond acceptors (Lipinski definition) is 6. The average Bonchev–Trinajstić information content (AvgIpc) is 3.18. The monoisotopic (exact) mass is 454 g/mol. The van der Waals surface area contributed by atoms with E-state index in [0.717, 1.165) is 44.0 Å². The number of halogens is 3. The first-order chi connectivity index (χ1) is 13.5. The van der Waals surface area contributed by atoms with Gasteiger partial charge in [0.1, 0.15) is 0 Å². The molecule has 2 aromatic rings. The quantitative estimate of drug-likeness (QED) is 0.717. The predicted molar refractivity (Wildman–Crippen MR) is 101 cm³/mol. The molecule has 0 spiro atoms. The highest BCUT2D eigenvalue weighted by molar-refractivity contribution is 7.88. The Morgan fingerprint density at radius 2 is 2.07 bits per heavy atom. The lowest BCUT2D eigenvalue weighted by atomic mass is 10.3. The Kier molecular flexibility index (Phi) is 7.80. The minimum atomic E-state index is -5.08. The Morgan fingerprint density at radius 3 is 2.62 bits per heavy atom. The van der Waals surface area contributed by atoms with Crippen molar-refractivity contribution in [3.05, 3.63) is 40.1 Å². The summed E-state index contributed by atoms with van der Waals surface area (Å²) in [6.07, 6.45) is -1.01. The Labute approximate surface area is 170 Å². The molecule has 2 N–H and O–H groups in total. The lowest BCUT2D eigenvalue weighted by molar-refractivity contribution is -0.192. The van der Waals surface area contributed by atoms with E-state index in [9.17, 15) is 21.6 Å². The van der Waals surface area contributed by atoms with Gasteiger partial charge in [0, 0.05) is 31.1 Å². The molecule has 3 heterocycles. The van der Waals surface area contributed by atoms with Gasteiger partial charge in [-0.05, 0) is 17.9 Å². The summed E-state index contributed by atoms with van der Waals surface area (Å²) in [6, 6.07) is 4.22. The first-order valence-corrected chi connectivity index (χ1v) is 11.2. The number of nitrogens with one attached hydrogen (secondary N) is 1. The third-order valence-corrected chi connectivity index (χ3v) is 5.51. The third-order valence-electron chi connectivity index (χ3n) is 3.98. The standard InChI is InChI=1S/C14H20N4O2S2.C2HF3O2/c1-22(19,20)16-8-13-14-10-17(9-12-4-2-7-21-12)5-3-6-18(14)11-15-13;3-2(4,5)1(6)7/h2,4,7,11,16H,3,5-6,8-10H2,1H3;(H,6,7). The van der Waals surface area contributed by atoms with Gasteiger partial charge in [-0.1, -0.05) is 6.07 Å². The van der Waals surface area contributed by atoms with Crippen LogP contribution in [0.5, 0.6) is 0 Å². The number of sulfonamides is 1. The molecule has 0 fully saturated rings. The highest BCUT2D eigenvalue weighted by Crippen LogP contribution is 2.20. The van der Waals surface area contributed by atoms with Crippen molar-refractivity contribution in [1.82, 2.24) is 19.2 Å². The molecule has 0 atom stereocenters. The van der Waals surface area contributed by atoms with Gasteiger partial charge in [0.25, 0.3) is 0 Å². The summed E-state index contributed by atoms with van der Waals surface area (Å²) in [5, 5.41) is 9.22. The molecule has 0 aromatic carbocycles. The summed E-state index contributed by atoms with van der Waals surface area (Å²) < 4.78 is 59.0. The molecule has 1 aliphatic rings. The van der Waals surface area contributed by atoms with Crippen LogP contribution in [0.25, 0.3) is 0 Å². The first-order valence-electron chi connectivity index (χ1n) is 8.48. The number of rotatable bonds is 5. The fourth-order valence-corrected chi connectivity index (χ4v) is 3.83. The molecule has 0 amide bonds. The van der Waals surface area contributed by atoms with Gasteiger partial charge < -0.3 is 9.67 Å². The zero-order valence-electron chi connectivity index (χ0n) is 15.5. The zero-order chi connectivity index (χ0) is 21.7. The second kappa shape index (κ2) is 9.69. The van der Waals surface area contributed by atoms with Gasteiger partial charge in [0.15, 0.2) is 0 Å². The number of thiophene rings is 1. The maximum atomic E-state index is 11.3. The first kappa shape index (κ1) is 23.3. The lowest BCUT2D eigenvalue weighted by Gasteiger charge is -2.19. The average molecular weight is 454 g/mol. The Balaban J connectivity index is 0.000000370. The molecule has 8 nitrogen and oxygen atoms in total. The van der Waals surface area contributed by atoms with Crippen LogP contribution in [0.4, 0.5) is 13.2 Å². The van der Waals surface area contributed by atoms with Gasteiger partial charge >= 0.3 is 12.1 Å². The normalized spacial score (nSPS) is 15.2. The molecule has 0 unspecified atom stereocenters. The number of carboxylic acid groups (broad SMARTS) is 1. The highest BCUT2D eigenvalue weighted by Gasteiger charge is 2.38. The fourth-order valence-electron chi connectivity index (χ4n) is 2.68. The van der Waals surface area contributed by atoms with Crippen molar-refractivity contribution < 1.29 is 31.5 Å². The van der Waals surface area contributed by atoms with Crippen molar-refractivity contribution in [3.8, 4) is 0 Å². The summed E-state index contributed by atoms with van der Waals surface area (Å²) in [7, 11) is -3.20. The van der Waals surface area contributed by atoms with Crippen LogP contribution < -0.4 is 4.72 Å². The van der Waals surface area contributed by atoms with E-state index in [4.69, 9.17) is 9.90 Å². The molecule has 0 saturated heterocycles. The predicted octanol–water partition coefficient (Wildman–Crippen LogP) is 2.03. The van der Waals surface area contributed by atoms with E-state index in [1.54, 1.807) is 11.3 Å². The molecule has 13 heteroatoms. The van der Waals surface area contributed by atoms with Crippen molar-refractivity contribution >= 4 is 27.3 Å². The Hall–Kier alpha value is -1.96. The Morgan fingerprint density at radius 1 is 1.38 bits per heavy atom. The number of aryl methyl sites for hydroxylation is 1. The van der Waals surface area contributed by atoms with Gasteiger partial charge in [-0.2, -0.15) is 13.2 Å². The van der Waals surface area contributed by atoms with E-state index in [1.807, 2.05) is 6.33 Å². The van der Waals surface area contributed by atoms with Crippen molar-refractivity contribution in [2.45, 2.75) is 38.8 Å². The number of hydrogen-bond donors (Lipinski definition) is 2. The van der Waals surface area contributed by atoms with Crippen LogP contribution in [-0.4, -0.2) is 52.9 Å². The van der Waals surface area contributed by atoms with Crippen LogP contribution in [0.15, 0.2) is 23.8 Å². The van der Waals surface area contributed by atoms with Crippen molar-refractivity contribution in [2.24, 2.45) is 0 Å². The Bertz CT molecular complexity index is 911. The van der Waals surface area contributed by atoms with Gasteiger partial charge in [-0.25, -0.2) is 22.9 Å². The second-order valence-corrected chi connectivity index (χ2v) is 9.24. The molecule has 0 saturated carbocycles. The molecule has 2 aromatic heterocycles. The van der Waals surface area contributed by atoms with Gasteiger partial charge in [0.05, 0.1) is 30.5 Å². The second-order valence-electron chi connectivity index (χ2n) is 6.37. The molecular weight excluding hydrogens is 433 g/mol. The van der Waals surface area contributed by atoms with Crippen molar-refractivity contribution in [2.75, 3.05) is 12.8 Å².